The number of halogens is 2. The van der Waals surface area contributed by atoms with Gasteiger partial charge in [-0.25, -0.2) is 4.39 Å². The second-order valence-corrected chi connectivity index (χ2v) is 4.77. The van der Waals surface area contributed by atoms with Crippen LogP contribution in [-0.4, -0.2) is 12.6 Å². The molecule has 0 spiro atoms. The van der Waals surface area contributed by atoms with Gasteiger partial charge in [0.25, 0.3) is 0 Å². The summed E-state index contributed by atoms with van der Waals surface area (Å²) in [5.41, 5.74) is 1.68. The zero-order chi connectivity index (χ0) is 12.1. The molecule has 0 saturated carbocycles. The molecule has 0 saturated heterocycles. The van der Waals surface area contributed by atoms with E-state index in [4.69, 9.17) is 0 Å². The van der Waals surface area contributed by atoms with E-state index >= 15 is 0 Å². The highest BCUT2D eigenvalue weighted by Crippen LogP contribution is 2.23. The summed E-state index contributed by atoms with van der Waals surface area (Å²) in [4.78, 5) is 2.10. The molecule has 0 amide bonds. The monoisotopic (exact) mass is 287 g/mol. The van der Waals surface area contributed by atoms with E-state index in [1.54, 1.807) is 6.07 Å². The van der Waals surface area contributed by atoms with Gasteiger partial charge in [0, 0.05) is 17.9 Å². The molecule has 0 aromatic heterocycles. The molecule has 0 N–H and O–H groups in total. The van der Waals surface area contributed by atoms with Gasteiger partial charge in [-0.15, -0.1) is 0 Å². The molecule has 0 unspecified atom stereocenters. The lowest BCUT2D eigenvalue weighted by Gasteiger charge is -2.29. The Kier molecular flexibility index (Phi) is 5.26. The highest BCUT2D eigenvalue weighted by Gasteiger charge is 2.13. The van der Waals surface area contributed by atoms with E-state index < -0.39 is 0 Å². The summed E-state index contributed by atoms with van der Waals surface area (Å²) in [6, 6.07) is 5.78. The minimum Gasteiger partial charge on any atom is -0.367 e. The Morgan fingerprint density at radius 1 is 1.38 bits per heavy atom. The number of hydrogen-bond acceptors (Lipinski definition) is 1. The molecule has 0 bridgehead atoms. The van der Waals surface area contributed by atoms with Crippen LogP contribution in [0.25, 0.3) is 0 Å². The fraction of sp³-hybridized carbons (Fsp3) is 0.538. The zero-order valence-corrected chi connectivity index (χ0v) is 11.7. The first-order chi connectivity index (χ1) is 7.60. The lowest BCUT2D eigenvalue weighted by atomic mass is 10.1. The Morgan fingerprint density at radius 3 is 2.50 bits per heavy atom. The third-order valence-electron chi connectivity index (χ3n) is 2.56. The van der Waals surface area contributed by atoms with Crippen molar-refractivity contribution in [3.63, 3.8) is 0 Å². The largest absolute Gasteiger partial charge is 0.367 e. The minimum atomic E-state index is -0.126. The van der Waals surface area contributed by atoms with Crippen molar-refractivity contribution in [3.8, 4) is 0 Å². The maximum atomic E-state index is 13.9. The third-order valence-corrected chi connectivity index (χ3v) is 3.21. The lowest BCUT2D eigenvalue weighted by Crippen LogP contribution is -2.32. The fourth-order valence-corrected chi connectivity index (χ4v) is 2.11. The van der Waals surface area contributed by atoms with E-state index in [2.05, 4.69) is 41.6 Å². The summed E-state index contributed by atoms with van der Waals surface area (Å²) in [7, 11) is 0. The second-order valence-electron chi connectivity index (χ2n) is 4.21. The van der Waals surface area contributed by atoms with Crippen LogP contribution in [0, 0.1) is 5.82 Å². The first-order valence-corrected chi connectivity index (χ1v) is 6.83. The van der Waals surface area contributed by atoms with Gasteiger partial charge in [-0.05, 0) is 38.0 Å². The van der Waals surface area contributed by atoms with Crippen molar-refractivity contribution in [1.29, 1.82) is 0 Å². The molecule has 0 heterocycles. The Labute approximate surface area is 106 Å². The Balaban J connectivity index is 3.00. The van der Waals surface area contributed by atoms with Crippen LogP contribution in [0.2, 0.25) is 0 Å². The van der Waals surface area contributed by atoms with Gasteiger partial charge in [0.15, 0.2) is 0 Å². The summed E-state index contributed by atoms with van der Waals surface area (Å²) < 4.78 is 13.9. The highest BCUT2D eigenvalue weighted by molar-refractivity contribution is 9.08. The molecule has 3 heteroatoms. The average molecular weight is 288 g/mol. The third kappa shape index (κ3) is 3.21. The highest BCUT2D eigenvalue weighted by atomic mass is 79.9. The zero-order valence-electron chi connectivity index (χ0n) is 10.1. The van der Waals surface area contributed by atoms with Crippen molar-refractivity contribution in [3.05, 3.63) is 29.6 Å². The summed E-state index contributed by atoms with van der Waals surface area (Å²) in [5, 5.41) is 0.694. The lowest BCUT2D eigenvalue weighted by molar-refractivity contribution is 0.596. The molecule has 1 aromatic carbocycles. The topological polar surface area (TPSA) is 3.24 Å². The van der Waals surface area contributed by atoms with Crippen molar-refractivity contribution in [1.82, 2.24) is 0 Å². The van der Waals surface area contributed by atoms with Gasteiger partial charge in [-0.1, -0.05) is 28.9 Å². The van der Waals surface area contributed by atoms with Crippen molar-refractivity contribution >= 4 is 21.6 Å². The van der Waals surface area contributed by atoms with E-state index in [0.29, 0.717) is 17.1 Å². The number of anilines is 1. The fourth-order valence-electron chi connectivity index (χ4n) is 1.76. The molecule has 1 aromatic rings. The normalized spacial score (nSPS) is 10.9. The Bertz CT molecular complexity index is 339. The predicted molar refractivity (Wildman–Crippen MR) is 71.8 cm³/mol. The van der Waals surface area contributed by atoms with Gasteiger partial charge in [-0.2, -0.15) is 0 Å². The Morgan fingerprint density at radius 2 is 2.06 bits per heavy atom. The molecule has 0 aliphatic carbocycles. The molecular formula is C13H19BrFN. The molecule has 0 aliphatic rings. The molecule has 16 heavy (non-hydrogen) atoms. The van der Waals surface area contributed by atoms with E-state index in [0.717, 1.165) is 18.5 Å². The van der Waals surface area contributed by atoms with Gasteiger partial charge in [0.1, 0.15) is 5.82 Å². The predicted octanol–water partition coefficient (Wildman–Crippen LogP) is 4.35. The van der Waals surface area contributed by atoms with Crippen LogP contribution in [0.4, 0.5) is 10.1 Å². The van der Waals surface area contributed by atoms with Gasteiger partial charge in [-0.3, -0.25) is 0 Å². The summed E-state index contributed by atoms with van der Waals surface area (Å²) in [5.74, 6) is -0.126. The Hall–Kier alpha value is -0.570. The molecule has 0 atom stereocenters. The second kappa shape index (κ2) is 6.24. The molecule has 0 aliphatic heterocycles. The van der Waals surface area contributed by atoms with Crippen molar-refractivity contribution in [2.24, 2.45) is 0 Å². The van der Waals surface area contributed by atoms with E-state index in [1.165, 1.54) is 0 Å². The molecule has 0 radical (unpaired) electrons. The van der Waals surface area contributed by atoms with Gasteiger partial charge in [0.05, 0.1) is 5.69 Å². The van der Waals surface area contributed by atoms with Gasteiger partial charge in [0.2, 0.25) is 0 Å². The quantitative estimate of drug-likeness (QED) is 0.728. The van der Waals surface area contributed by atoms with Crippen LogP contribution in [0.5, 0.6) is 0 Å². The van der Waals surface area contributed by atoms with Crippen LogP contribution in [-0.2, 0) is 5.33 Å². The standard InChI is InChI=1S/C13H19BrFN/c1-4-7-16(10(2)3)13-6-5-11(9-14)8-12(13)15/h5-6,8,10H,4,7,9H2,1-3H3. The summed E-state index contributed by atoms with van der Waals surface area (Å²) in [6.45, 7) is 7.18. The number of hydrogen-bond donors (Lipinski definition) is 0. The molecular weight excluding hydrogens is 269 g/mol. The molecule has 0 fully saturated rings. The maximum Gasteiger partial charge on any atom is 0.146 e. The molecule has 1 nitrogen and oxygen atoms in total. The SMILES string of the molecule is CCCN(c1ccc(CBr)cc1F)C(C)C. The van der Waals surface area contributed by atoms with Gasteiger partial charge < -0.3 is 4.90 Å². The first kappa shape index (κ1) is 13.5. The van der Waals surface area contributed by atoms with Crippen molar-refractivity contribution in [2.45, 2.75) is 38.6 Å². The number of benzene rings is 1. The van der Waals surface area contributed by atoms with E-state index in [-0.39, 0.29) is 5.82 Å². The molecule has 90 valence electrons. The first-order valence-electron chi connectivity index (χ1n) is 5.71. The smallest absolute Gasteiger partial charge is 0.146 e. The van der Waals surface area contributed by atoms with Crippen molar-refractivity contribution < 1.29 is 4.39 Å². The van der Waals surface area contributed by atoms with Crippen LogP contribution in [0.3, 0.4) is 0 Å². The summed E-state index contributed by atoms with van der Waals surface area (Å²) >= 11 is 3.33. The van der Waals surface area contributed by atoms with Gasteiger partial charge >= 0.3 is 0 Å². The maximum absolute atomic E-state index is 13.9. The van der Waals surface area contributed by atoms with E-state index in [1.807, 2.05) is 12.1 Å². The number of rotatable bonds is 5. The van der Waals surface area contributed by atoms with Crippen LogP contribution in [0.15, 0.2) is 18.2 Å². The average Bonchev–Trinajstić information content (AvgIpc) is 2.26. The van der Waals surface area contributed by atoms with Crippen LogP contribution >= 0.6 is 15.9 Å². The molecule has 1 rings (SSSR count). The van der Waals surface area contributed by atoms with Crippen LogP contribution < -0.4 is 4.90 Å². The summed E-state index contributed by atoms with van der Waals surface area (Å²) in [6.07, 6.45) is 1.03. The number of alkyl halides is 1. The van der Waals surface area contributed by atoms with Crippen LogP contribution in [0.1, 0.15) is 32.8 Å². The minimum absolute atomic E-state index is 0.126. The van der Waals surface area contributed by atoms with Crippen molar-refractivity contribution in [2.75, 3.05) is 11.4 Å². The number of nitrogens with zero attached hydrogens (tertiary/aromatic N) is 1. The van der Waals surface area contributed by atoms with E-state index in [9.17, 15) is 4.39 Å².